The second kappa shape index (κ2) is 5.85. The zero-order valence-electron chi connectivity index (χ0n) is 11.7. The van der Waals surface area contributed by atoms with Gasteiger partial charge < -0.3 is 15.0 Å². The van der Waals surface area contributed by atoms with E-state index in [0.717, 1.165) is 12.8 Å². The number of benzene rings is 1. The standard InChI is InChI=1S/C15H19F3N2O/c16-15(17,18)14-9-13(20-5-7-21-8-6-20)4-1-11(14)10-19-12-2-3-12/h1,4,9,12,19H,2-3,5-8,10H2. The van der Waals surface area contributed by atoms with Gasteiger partial charge in [0, 0.05) is 31.4 Å². The fourth-order valence-corrected chi connectivity index (χ4v) is 2.54. The van der Waals surface area contributed by atoms with Crippen molar-refractivity contribution in [1.29, 1.82) is 0 Å². The van der Waals surface area contributed by atoms with Crippen LogP contribution in [0.4, 0.5) is 18.9 Å². The van der Waals surface area contributed by atoms with E-state index in [1.807, 2.05) is 4.90 Å². The Kier molecular flexibility index (Phi) is 4.08. The summed E-state index contributed by atoms with van der Waals surface area (Å²) in [4.78, 5) is 1.94. The molecular weight excluding hydrogens is 281 g/mol. The summed E-state index contributed by atoms with van der Waals surface area (Å²) in [6.45, 7) is 2.68. The minimum atomic E-state index is -4.32. The third-order valence-corrected chi connectivity index (χ3v) is 3.93. The van der Waals surface area contributed by atoms with Gasteiger partial charge in [0.15, 0.2) is 0 Å². The van der Waals surface area contributed by atoms with Crippen LogP contribution in [0.5, 0.6) is 0 Å². The number of nitrogens with zero attached hydrogens (tertiary/aromatic N) is 1. The van der Waals surface area contributed by atoms with Crippen LogP contribution in [-0.4, -0.2) is 32.3 Å². The van der Waals surface area contributed by atoms with Crippen LogP contribution in [0.1, 0.15) is 24.0 Å². The van der Waals surface area contributed by atoms with Crippen LogP contribution in [0.25, 0.3) is 0 Å². The molecule has 0 spiro atoms. The second-order valence-corrected chi connectivity index (χ2v) is 5.59. The van der Waals surface area contributed by atoms with Gasteiger partial charge >= 0.3 is 6.18 Å². The summed E-state index contributed by atoms with van der Waals surface area (Å²) in [5.74, 6) is 0. The summed E-state index contributed by atoms with van der Waals surface area (Å²) in [6, 6.07) is 5.05. The molecule has 1 N–H and O–H groups in total. The van der Waals surface area contributed by atoms with Crippen molar-refractivity contribution < 1.29 is 17.9 Å². The molecule has 3 rings (SSSR count). The Morgan fingerprint density at radius 1 is 1.19 bits per heavy atom. The summed E-state index contributed by atoms with van der Waals surface area (Å²) in [5.41, 5.74) is 0.423. The Morgan fingerprint density at radius 3 is 2.52 bits per heavy atom. The maximum Gasteiger partial charge on any atom is 0.416 e. The van der Waals surface area contributed by atoms with E-state index in [2.05, 4.69) is 5.32 Å². The fraction of sp³-hybridized carbons (Fsp3) is 0.600. The van der Waals surface area contributed by atoms with E-state index in [1.54, 1.807) is 12.1 Å². The van der Waals surface area contributed by atoms with Gasteiger partial charge in [-0.3, -0.25) is 0 Å². The zero-order chi connectivity index (χ0) is 14.9. The summed E-state index contributed by atoms with van der Waals surface area (Å²) in [5, 5.41) is 3.15. The van der Waals surface area contributed by atoms with Crippen LogP contribution in [0.15, 0.2) is 18.2 Å². The number of hydrogen-bond donors (Lipinski definition) is 1. The molecule has 1 aliphatic heterocycles. The van der Waals surface area contributed by atoms with Crippen molar-refractivity contribution in [3.8, 4) is 0 Å². The summed E-state index contributed by atoms with van der Waals surface area (Å²) < 4.78 is 45.0. The Balaban J connectivity index is 1.82. The molecule has 3 nitrogen and oxygen atoms in total. The first-order valence-electron chi connectivity index (χ1n) is 7.30. The first-order chi connectivity index (χ1) is 10.0. The van der Waals surface area contributed by atoms with Gasteiger partial charge in [0.05, 0.1) is 18.8 Å². The number of nitrogens with one attached hydrogen (secondary N) is 1. The van der Waals surface area contributed by atoms with Crippen molar-refractivity contribution >= 4 is 5.69 Å². The molecular formula is C15H19F3N2O. The summed E-state index contributed by atoms with van der Waals surface area (Å²) in [6.07, 6.45) is -2.19. The van der Waals surface area contributed by atoms with Crippen molar-refractivity contribution in [2.45, 2.75) is 31.6 Å². The van der Waals surface area contributed by atoms with Gasteiger partial charge in [-0.2, -0.15) is 13.2 Å². The highest BCUT2D eigenvalue weighted by molar-refractivity contribution is 5.52. The Hall–Kier alpha value is -1.27. The van der Waals surface area contributed by atoms with E-state index in [-0.39, 0.29) is 6.54 Å². The van der Waals surface area contributed by atoms with E-state index in [9.17, 15) is 13.2 Å². The van der Waals surface area contributed by atoms with Crippen molar-refractivity contribution in [3.05, 3.63) is 29.3 Å². The fourth-order valence-electron chi connectivity index (χ4n) is 2.54. The monoisotopic (exact) mass is 300 g/mol. The van der Waals surface area contributed by atoms with Crippen LogP contribution < -0.4 is 10.2 Å². The van der Waals surface area contributed by atoms with Gasteiger partial charge in [0.2, 0.25) is 0 Å². The Morgan fingerprint density at radius 2 is 1.90 bits per heavy atom. The molecule has 1 heterocycles. The third-order valence-electron chi connectivity index (χ3n) is 3.93. The number of rotatable bonds is 4. The smallest absolute Gasteiger partial charge is 0.378 e. The molecule has 6 heteroatoms. The SMILES string of the molecule is FC(F)(F)c1cc(N2CCOCC2)ccc1CNC1CC1. The van der Waals surface area contributed by atoms with Crippen LogP contribution in [-0.2, 0) is 17.5 Å². The molecule has 0 amide bonds. The molecule has 0 unspecified atom stereocenters. The van der Waals surface area contributed by atoms with Gasteiger partial charge in [0.25, 0.3) is 0 Å². The molecule has 0 aromatic heterocycles. The highest BCUT2D eigenvalue weighted by Crippen LogP contribution is 2.35. The van der Waals surface area contributed by atoms with Gasteiger partial charge in [-0.25, -0.2) is 0 Å². The number of ether oxygens (including phenoxy) is 1. The normalized spacial score (nSPS) is 19.9. The molecule has 116 valence electrons. The molecule has 2 aliphatic rings. The van der Waals surface area contributed by atoms with E-state index in [1.165, 1.54) is 6.07 Å². The molecule has 1 aromatic rings. The van der Waals surface area contributed by atoms with Crippen LogP contribution in [0.3, 0.4) is 0 Å². The lowest BCUT2D eigenvalue weighted by Gasteiger charge is -2.29. The van der Waals surface area contributed by atoms with E-state index < -0.39 is 11.7 Å². The maximum atomic E-state index is 13.3. The van der Waals surface area contributed by atoms with Gasteiger partial charge in [0.1, 0.15) is 0 Å². The first-order valence-corrected chi connectivity index (χ1v) is 7.30. The molecule has 0 radical (unpaired) electrons. The van der Waals surface area contributed by atoms with Gasteiger partial charge in [-0.1, -0.05) is 6.07 Å². The molecule has 1 aromatic carbocycles. The van der Waals surface area contributed by atoms with Crippen molar-refractivity contribution in [1.82, 2.24) is 5.32 Å². The summed E-state index contributed by atoms with van der Waals surface area (Å²) in [7, 11) is 0. The molecule has 0 atom stereocenters. The molecule has 0 bridgehead atoms. The topological polar surface area (TPSA) is 24.5 Å². The zero-order valence-corrected chi connectivity index (χ0v) is 11.7. The summed E-state index contributed by atoms with van der Waals surface area (Å²) >= 11 is 0. The van der Waals surface area contributed by atoms with Crippen molar-refractivity contribution in [3.63, 3.8) is 0 Å². The average Bonchev–Trinajstić information content (AvgIpc) is 3.29. The number of halogens is 3. The molecule has 1 aliphatic carbocycles. The van der Waals surface area contributed by atoms with Crippen LogP contribution in [0.2, 0.25) is 0 Å². The largest absolute Gasteiger partial charge is 0.416 e. The Bertz CT molecular complexity index is 494. The lowest BCUT2D eigenvalue weighted by molar-refractivity contribution is -0.138. The minimum Gasteiger partial charge on any atom is -0.378 e. The predicted molar refractivity (Wildman–Crippen MR) is 74.3 cm³/mol. The molecule has 1 saturated carbocycles. The lowest BCUT2D eigenvalue weighted by Crippen LogP contribution is -2.36. The van der Waals surface area contributed by atoms with E-state index in [0.29, 0.717) is 43.6 Å². The van der Waals surface area contributed by atoms with Crippen molar-refractivity contribution in [2.75, 3.05) is 31.2 Å². The van der Waals surface area contributed by atoms with E-state index >= 15 is 0 Å². The molecule has 2 fully saturated rings. The lowest BCUT2D eigenvalue weighted by atomic mass is 10.0. The molecule has 1 saturated heterocycles. The van der Waals surface area contributed by atoms with Gasteiger partial charge in [-0.05, 0) is 30.5 Å². The average molecular weight is 300 g/mol. The third kappa shape index (κ3) is 3.68. The van der Waals surface area contributed by atoms with Crippen LogP contribution >= 0.6 is 0 Å². The first kappa shape index (κ1) is 14.7. The minimum absolute atomic E-state index is 0.281. The highest BCUT2D eigenvalue weighted by Gasteiger charge is 2.34. The van der Waals surface area contributed by atoms with Crippen molar-refractivity contribution in [2.24, 2.45) is 0 Å². The van der Waals surface area contributed by atoms with E-state index in [4.69, 9.17) is 4.74 Å². The Labute approximate surface area is 122 Å². The number of anilines is 1. The highest BCUT2D eigenvalue weighted by atomic mass is 19.4. The number of alkyl halides is 3. The predicted octanol–water partition coefficient (Wildman–Crippen LogP) is 2.79. The van der Waals surface area contributed by atoms with Crippen LogP contribution in [0, 0.1) is 0 Å². The second-order valence-electron chi connectivity index (χ2n) is 5.59. The quantitative estimate of drug-likeness (QED) is 0.925. The molecule has 21 heavy (non-hydrogen) atoms. The number of morpholine rings is 1. The maximum absolute atomic E-state index is 13.3. The van der Waals surface area contributed by atoms with Gasteiger partial charge in [-0.15, -0.1) is 0 Å². The number of hydrogen-bond acceptors (Lipinski definition) is 3.